The molecule has 2 bridgehead atoms. The maximum atomic E-state index is 13.6. The molecule has 1 fully saturated rings. The number of nitrogens with one attached hydrogen (secondary N) is 1. The lowest BCUT2D eigenvalue weighted by Gasteiger charge is -2.46. The van der Waals surface area contributed by atoms with Crippen molar-refractivity contribution < 1.29 is 18.5 Å². The highest BCUT2D eigenvalue weighted by molar-refractivity contribution is 7.99. The number of rotatable bonds is 1. The zero-order valence-corrected chi connectivity index (χ0v) is 26.5. The third-order valence-electron chi connectivity index (χ3n) is 10.2. The molecule has 8 heteroatoms. The monoisotopic (exact) mass is 610 g/mol. The quantitative estimate of drug-likeness (QED) is 0.308. The molecule has 6 rings (SSSR count). The lowest BCUT2D eigenvalue weighted by atomic mass is 9.68. The van der Waals surface area contributed by atoms with Gasteiger partial charge in [-0.25, -0.2) is 4.21 Å². The van der Waals surface area contributed by atoms with Crippen molar-refractivity contribution in [2.75, 3.05) is 31.7 Å². The Bertz CT molecular complexity index is 1490. The average molecular weight is 611 g/mol. The maximum absolute atomic E-state index is 13.6. The van der Waals surface area contributed by atoms with Gasteiger partial charge in [0.05, 0.1) is 28.1 Å². The van der Waals surface area contributed by atoms with E-state index in [1.165, 1.54) is 11.1 Å². The number of methoxy groups -OCH3 is 1. The Morgan fingerprint density at radius 1 is 1.17 bits per heavy atom. The van der Waals surface area contributed by atoms with Gasteiger partial charge in [0.2, 0.25) is 0 Å². The molecule has 226 valence electrons. The van der Waals surface area contributed by atoms with Gasteiger partial charge >= 0.3 is 0 Å². The molecule has 42 heavy (non-hydrogen) atoms. The van der Waals surface area contributed by atoms with Crippen LogP contribution in [0.1, 0.15) is 67.4 Å². The summed E-state index contributed by atoms with van der Waals surface area (Å²) in [5, 5.41) is 0.484. The third-order valence-corrected chi connectivity index (χ3v) is 12.4. The minimum atomic E-state index is -2.87. The number of nitrogens with zero attached hydrogens (tertiary/aromatic N) is 1. The number of hydrogen-bond donors (Lipinski definition) is 1. The number of carbonyl (C=O) groups is 1. The van der Waals surface area contributed by atoms with Gasteiger partial charge in [0.15, 0.2) is 0 Å². The number of ether oxygens (including phenoxy) is 2. The van der Waals surface area contributed by atoms with Gasteiger partial charge in [-0.15, -0.1) is 0 Å². The van der Waals surface area contributed by atoms with Crippen LogP contribution >= 0.6 is 11.6 Å². The first-order chi connectivity index (χ1) is 20.1. The molecule has 2 aliphatic heterocycles. The Kier molecular flexibility index (Phi) is 8.14. The van der Waals surface area contributed by atoms with Crippen molar-refractivity contribution in [1.29, 1.82) is 0 Å². The van der Waals surface area contributed by atoms with Crippen LogP contribution in [-0.4, -0.2) is 54.1 Å². The van der Waals surface area contributed by atoms with Crippen LogP contribution in [0.4, 0.5) is 5.69 Å². The molecule has 4 aliphatic rings. The number of aryl methyl sites for hydroxylation is 1. The van der Waals surface area contributed by atoms with Crippen molar-refractivity contribution in [3.05, 3.63) is 70.3 Å². The smallest absolute Gasteiger partial charge is 0.262 e. The Balaban J connectivity index is 1.43. The molecular weight excluding hydrogens is 568 g/mol. The highest BCUT2D eigenvalue weighted by atomic mass is 35.5. The number of benzene rings is 2. The van der Waals surface area contributed by atoms with Crippen molar-refractivity contribution >= 4 is 38.8 Å². The number of hydrogen-bond acceptors (Lipinski definition) is 5. The Morgan fingerprint density at radius 2 is 2.00 bits per heavy atom. The molecule has 0 aromatic heterocycles. The number of allylic oxidation sites excluding steroid dienone is 1. The average Bonchev–Trinajstić information content (AvgIpc) is 3.09. The van der Waals surface area contributed by atoms with Gasteiger partial charge in [0.25, 0.3) is 5.91 Å². The molecule has 2 aliphatic carbocycles. The summed E-state index contributed by atoms with van der Waals surface area (Å²) in [6, 6.07) is 11.9. The molecule has 7 atom stereocenters. The van der Waals surface area contributed by atoms with Crippen LogP contribution in [0.3, 0.4) is 0 Å². The second-order valence-corrected chi connectivity index (χ2v) is 16.0. The number of anilines is 1. The molecule has 1 spiro atoms. The summed E-state index contributed by atoms with van der Waals surface area (Å²) in [6.45, 7) is 6.23. The number of amides is 1. The normalized spacial score (nSPS) is 35.6. The number of fused-ring (bicyclic) bond motifs is 4. The van der Waals surface area contributed by atoms with Gasteiger partial charge in [-0.3, -0.25) is 9.52 Å². The molecule has 0 saturated heterocycles. The first-order valence-corrected chi connectivity index (χ1v) is 17.5. The van der Waals surface area contributed by atoms with Crippen LogP contribution in [0.5, 0.6) is 5.75 Å². The van der Waals surface area contributed by atoms with Gasteiger partial charge in [0, 0.05) is 41.5 Å². The second kappa shape index (κ2) is 11.5. The fourth-order valence-corrected chi connectivity index (χ4v) is 9.00. The van der Waals surface area contributed by atoms with E-state index in [0.29, 0.717) is 30.4 Å². The topological polar surface area (TPSA) is 67.9 Å². The lowest BCUT2D eigenvalue weighted by Crippen LogP contribution is -2.49. The predicted octanol–water partition coefficient (Wildman–Crippen LogP) is 6.20. The van der Waals surface area contributed by atoms with Crippen molar-refractivity contribution in [2.24, 2.45) is 17.8 Å². The van der Waals surface area contributed by atoms with E-state index >= 15 is 0 Å². The first kappa shape index (κ1) is 29.6. The first-order valence-electron chi connectivity index (χ1n) is 15.3. The van der Waals surface area contributed by atoms with Crippen LogP contribution in [0.25, 0.3) is 0 Å². The van der Waals surface area contributed by atoms with Crippen molar-refractivity contribution in [1.82, 2.24) is 4.72 Å². The Hall–Kier alpha value is -2.48. The summed E-state index contributed by atoms with van der Waals surface area (Å²) in [5.74, 6) is 5.42. The highest BCUT2D eigenvalue weighted by Crippen LogP contribution is 2.47. The van der Waals surface area contributed by atoms with E-state index in [0.717, 1.165) is 61.7 Å². The highest BCUT2D eigenvalue weighted by Gasteiger charge is 2.44. The zero-order valence-electron chi connectivity index (χ0n) is 24.9. The third kappa shape index (κ3) is 5.60. The maximum Gasteiger partial charge on any atom is 0.262 e. The molecule has 1 unspecified atom stereocenters. The Labute approximate surface area is 255 Å². The van der Waals surface area contributed by atoms with Gasteiger partial charge in [-0.2, -0.15) is 0 Å². The van der Waals surface area contributed by atoms with E-state index in [4.69, 9.17) is 21.1 Å². The molecule has 6 nitrogen and oxygen atoms in total. The van der Waals surface area contributed by atoms with E-state index in [2.05, 4.69) is 46.7 Å². The van der Waals surface area contributed by atoms with E-state index in [1.54, 1.807) is 13.2 Å². The van der Waals surface area contributed by atoms with Crippen molar-refractivity contribution in [3.8, 4) is 5.75 Å². The molecule has 0 radical (unpaired) electrons. The van der Waals surface area contributed by atoms with Crippen LogP contribution in [0, 0.1) is 17.8 Å². The Morgan fingerprint density at radius 3 is 2.76 bits per heavy atom. The zero-order chi connectivity index (χ0) is 29.6. The van der Waals surface area contributed by atoms with Gasteiger partial charge in [-0.05, 0) is 111 Å². The van der Waals surface area contributed by atoms with Crippen LogP contribution in [-0.2, 0) is 26.3 Å². The molecule has 2 aromatic rings. The number of halogens is 1. The van der Waals surface area contributed by atoms with Gasteiger partial charge in [0.1, 0.15) is 5.75 Å². The van der Waals surface area contributed by atoms with Crippen LogP contribution in [0.15, 0.2) is 48.6 Å². The largest absolute Gasteiger partial charge is 0.490 e. The van der Waals surface area contributed by atoms with Gasteiger partial charge < -0.3 is 14.4 Å². The number of carbonyl (C=O) groups excluding carboxylic acids is 1. The van der Waals surface area contributed by atoms with E-state index in [-0.39, 0.29) is 28.6 Å². The van der Waals surface area contributed by atoms with Crippen LogP contribution < -0.4 is 14.4 Å². The molecule has 1 saturated carbocycles. The summed E-state index contributed by atoms with van der Waals surface area (Å²) >= 11 is 6.42. The van der Waals surface area contributed by atoms with E-state index in [9.17, 15) is 9.00 Å². The summed E-state index contributed by atoms with van der Waals surface area (Å²) in [5.41, 5.74) is 3.82. The van der Waals surface area contributed by atoms with E-state index < -0.39 is 9.71 Å². The predicted molar refractivity (Wildman–Crippen MR) is 172 cm³/mol. The molecule has 1 N–H and O–H groups in total. The second-order valence-electron chi connectivity index (χ2n) is 13.1. The molecular formula is C34H43ClN2O4S. The summed E-state index contributed by atoms with van der Waals surface area (Å²) in [4.78, 5) is 15.9. The van der Waals surface area contributed by atoms with Crippen molar-refractivity contribution in [3.63, 3.8) is 0 Å². The van der Waals surface area contributed by atoms with Gasteiger partial charge in [-0.1, -0.05) is 36.7 Å². The SMILES string of the molecule is C=S1(=O)NC(=O)c2ccc3c(c2)N(C[C@@H]2CC[C@H]2[C@@H](OC)/C=C/[C@H](C)C[C@H]1C)C[C@@]1(CCCc2cc(Cl)ccc21)CO3. The fraction of sp³-hybridized carbons (Fsp3) is 0.529. The summed E-state index contributed by atoms with van der Waals surface area (Å²) in [6.07, 6.45) is 10.4. The summed E-state index contributed by atoms with van der Waals surface area (Å²) < 4.78 is 29.0. The standard InChI is InChI=1S/C34H43ClN2O4S/c1-22-7-13-31(40-3)28-11-8-26(28)19-37-20-34(15-5-6-24-17-27(35)10-12-29(24)34)21-41-32-14-9-25(18-30(32)37)33(38)36-42(4,39)23(2)16-22/h7,9-10,12-14,17-18,22-23,26,28,31H,4-6,8,11,15-16,19-21H2,1-3H3,(H,36,38,39)/b13-7+/t22-,23+,26-,28+,31-,34-,42?/m0/s1. The molecule has 1 amide bonds. The minimum Gasteiger partial charge on any atom is -0.490 e. The molecule has 2 aromatic carbocycles. The van der Waals surface area contributed by atoms with E-state index in [1.807, 2.05) is 25.1 Å². The lowest BCUT2D eigenvalue weighted by molar-refractivity contribution is 0.0130. The fourth-order valence-electron chi connectivity index (χ4n) is 7.56. The molecule has 2 heterocycles. The van der Waals surface area contributed by atoms with Crippen LogP contribution in [0.2, 0.25) is 5.02 Å². The van der Waals surface area contributed by atoms with Crippen molar-refractivity contribution in [2.45, 2.75) is 69.1 Å². The summed E-state index contributed by atoms with van der Waals surface area (Å²) in [7, 11) is -1.07. The minimum absolute atomic E-state index is 0.0266.